The predicted octanol–water partition coefficient (Wildman–Crippen LogP) is 2.65. The van der Waals surface area contributed by atoms with E-state index in [1.54, 1.807) is 11.8 Å². The fourth-order valence-corrected chi connectivity index (χ4v) is 2.46. The molecule has 0 aromatic heterocycles. The van der Waals surface area contributed by atoms with Gasteiger partial charge in [-0.05, 0) is 35.4 Å². The Morgan fingerprint density at radius 3 is 2.95 bits per heavy atom. The second-order valence-electron chi connectivity index (χ2n) is 4.83. The van der Waals surface area contributed by atoms with Crippen LogP contribution < -0.4 is 10.6 Å². The lowest BCUT2D eigenvalue weighted by Crippen LogP contribution is -2.20. The van der Waals surface area contributed by atoms with Crippen molar-refractivity contribution < 1.29 is 9.59 Å². The van der Waals surface area contributed by atoms with E-state index in [1.165, 1.54) is 0 Å². The van der Waals surface area contributed by atoms with Gasteiger partial charge in [-0.2, -0.15) is 0 Å². The Kier molecular flexibility index (Phi) is 4.47. The summed E-state index contributed by atoms with van der Waals surface area (Å²) in [5, 5.41) is 6.16. The van der Waals surface area contributed by atoms with Crippen LogP contribution >= 0.6 is 11.8 Å². The van der Waals surface area contributed by atoms with E-state index < -0.39 is 0 Å². The molecule has 0 fully saturated rings. The van der Waals surface area contributed by atoms with Gasteiger partial charge in [0.15, 0.2) is 0 Å². The van der Waals surface area contributed by atoms with Crippen molar-refractivity contribution >= 4 is 35.0 Å². The Morgan fingerprint density at radius 1 is 1.42 bits per heavy atom. The van der Waals surface area contributed by atoms with Gasteiger partial charge in [-0.15, -0.1) is 11.8 Å². The Balaban J connectivity index is 1.98. The molecular formula is C14H18N2O2S. The molecule has 0 radical (unpaired) electrons. The Hall–Kier alpha value is -1.49. The smallest absolute Gasteiger partial charge is 0.234 e. The summed E-state index contributed by atoms with van der Waals surface area (Å²) >= 11 is 1.62. The van der Waals surface area contributed by atoms with Crippen LogP contribution in [0.15, 0.2) is 18.2 Å². The molecule has 5 heteroatoms. The van der Waals surface area contributed by atoms with Crippen LogP contribution in [0.25, 0.3) is 0 Å². The largest absolute Gasteiger partial charge is 0.326 e. The van der Waals surface area contributed by atoms with Gasteiger partial charge in [0.1, 0.15) is 0 Å². The molecule has 102 valence electrons. The first-order chi connectivity index (χ1) is 9.04. The lowest BCUT2D eigenvalue weighted by molar-refractivity contribution is -0.116. The molecule has 0 saturated carbocycles. The van der Waals surface area contributed by atoms with Crippen LogP contribution in [-0.4, -0.2) is 22.8 Å². The first-order valence-corrected chi connectivity index (χ1v) is 7.43. The van der Waals surface area contributed by atoms with Gasteiger partial charge < -0.3 is 10.6 Å². The SMILES string of the molecule is CC(C)SCC(=O)Nc1ccc2c(c1)CCC(=O)N2. The average molecular weight is 278 g/mol. The summed E-state index contributed by atoms with van der Waals surface area (Å²) < 4.78 is 0. The third kappa shape index (κ3) is 3.99. The number of rotatable bonds is 4. The summed E-state index contributed by atoms with van der Waals surface area (Å²) in [6.07, 6.45) is 1.24. The molecular weight excluding hydrogens is 260 g/mol. The van der Waals surface area contributed by atoms with Crippen LogP contribution in [0.4, 0.5) is 11.4 Å². The van der Waals surface area contributed by atoms with E-state index >= 15 is 0 Å². The molecule has 1 aliphatic rings. The molecule has 19 heavy (non-hydrogen) atoms. The number of carbonyl (C=O) groups excluding carboxylic acids is 2. The number of amides is 2. The number of hydrogen-bond acceptors (Lipinski definition) is 3. The van der Waals surface area contributed by atoms with Crippen molar-refractivity contribution in [1.82, 2.24) is 0 Å². The van der Waals surface area contributed by atoms with Crippen molar-refractivity contribution in [3.63, 3.8) is 0 Å². The third-order valence-electron chi connectivity index (χ3n) is 2.83. The Labute approximate surface area is 117 Å². The van der Waals surface area contributed by atoms with Crippen molar-refractivity contribution in [3.05, 3.63) is 23.8 Å². The lowest BCUT2D eigenvalue weighted by Gasteiger charge is -2.17. The zero-order chi connectivity index (χ0) is 13.8. The first-order valence-electron chi connectivity index (χ1n) is 6.39. The maximum Gasteiger partial charge on any atom is 0.234 e. The molecule has 0 aliphatic carbocycles. The molecule has 4 nitrogen and oxygen atoms in total. The van der Waals surface area contributed by atoms with Gasteiger partial charge in [-0.3, -0.25) is 9.59 Å². The molecule has 2 N–H and O–H groups in total. The van der Waals surface area contributed by atoms with Gasteiger partial charge in [-0.1, -0.05) is 13.8 Å². The fraction of sp³-hybridized carbons (Fsp3) is 0.429. The molecule has 1 heterocycles. The van der Waals surface area contributed by atoms with Gasteiger partial charge in [-0.25, -0.2) is 0 Å². The predicted molar refractivity (Wildman–Crippen MR) is 79.6 cm³/mol. The van der Waals surface area contributed by atoms with Crippen LogP contribution in [0.5, 0.6) is 0 Å². The lowest BCUT2D eigenvalue weighted by atomic mass is 10.0. The van der Waals surface area contributed by atoms with Crippen LogP contribution in [0.3, 0.4) is 0 Å². The van der Waals surface area contributed by atoms with Crippen LogP contribution in [-0.2, 0) is 16.0 Å². The quantitative estimate of drug-likeness (QED) is 0.890. The number of anilines is 2. The highest BCUT2D eigenvalue weighted by molar-refractivity contribution is 8.00. The molecule has 0 spiro atoms. The van der Waals surface area contributed by atoms with Gasteiger partial charge in [0.2, 0.25) is 11.8 Å². The summed E-state index contributed by atoms with van der Waals surface area (Å²) in [6, 6.07) is 5.60. The zero-order valence-electron chi connectivity index (χ0n) is 11.2. The molecule has 0 unspecified atom stereocenters. The summed E-state index contributed by atoms with van der Waals surface area (Å²) in [7, 11) is 0. The van der Waals surface area contributed by atoms with Crippen LogP contribution in [0, 0.1) is 0 Å². The number of thioether (sulfide) groups is 1. The Bertz CT molecular complexity index is 500. The maximum absolute atomic E-state index is 11.7. The summed E-state index contributed by atoms with van der Waals surface area (Å²) in [5.41, 5.74) is 2.73. The normalized spacial score (nSPS) is 13.9. The van der Waals surface area contributed by atoms with E-state index in [2.05, 4.69) is 24.5 Å². The van der Waals surface area contributed by atoms with E-state index in [9.17, 15) is 9.59 Å². The van der Waals surface area contributed by atoms with Crippen molar-refractivity contribution in [3.8, 4) is 0 Å². The van der Waals surface area contributed by atoms with Gasteiger partial charge >= 0.3 is 0 Å². The van der Waals surface area contributed by atoms with E-state index in [-0.39, 0.29) is 11.8 Å². The van der Waals surface area contributed by atoms with Crippen molar-refractivity contribution in [1.29, 1.82) is 0 Å². The monoisotopic (exact) mass is 278 g/mol. The first kappa shape index (κ1) is 13.9. The minimum atomic E-state index is 0.0125. The number of fused-ring (bicyclic) bond motifs is 1. The molecule has 2 amide bonds. The molecule has 0 atom stereocenters. The minimum Gasteiger partial charge on any atom is -0.326 e. The highest BCUT2D eigenvalue weighted by Crippen LogP contribution is 2.25. The molecule has 0 bridgehead atoms. The van der Waals surface area contributed by atoms with E-state index in [0.717, 1.165) is 23.4 Å². The van der Waals surface area contributed by atoms with E-state index in [1.807, 2.05) is 18.2 Å². The number of carbonyl (C=O) groups is 2. The zero-order valence-corrected chi connectivity index (χ0v) is 12.0. The average Bonchev–Trinajstić information content (AvgIpc) is 2.36. The van der Waals surface area contributed by atoms with Crippen molar-refractivity contribution in [2.45, 2.75) is 31.9 Å². The summed E-state index contributed by atoms with van der Waals surface area (Å²) in [5.74, 6) is 0.530. The molecule has 1 aromatic carbocycles. The number of hydrogen-bond donors (Lipinski definition) is 2. The number of aryl methyl sites for hydroxylation is 1. The van der Waals surface area contributed by atoms with Crippen molar-refractivity contribution in [2.75, 3.05) is 16.4 Å². The molecule has 1 aliphatic heterocycles. The summed E-state index contributed by atoms with van der Waals surface area (Å²) in [6.45, 7) is 4.14. The second-order valence-corrected chi connectivity index (χ2v) is 6.39. The minimum absolute atomic E-state index is 0.0125. The topological polar surface area (TPSA) is 58.2 Å². The van der Waals surface area contributed by atoms with Gasteiger partial charge in [0.05, 0.1) is 5.75 Å². The fourth-order valence-electron chi connectivity index (χ4n) is 1.90. The van der Waals surface area contributed by atoms with Crippen LogP contribution in [0.2, 0.25) is 0 Å². The molecule has 1 aromatic rings. The Morgan fingerprint density at radius 2 is 2.21 bits per heavy atom. The number of nitrogens with one attached hydrogen (secondary N) is 2. The van der Waals surface area contributed by atoms with E-state index in [0.29, 0.717) is 17.4 Å². The molecule has 0 saturated heterocycles. The van der Waals surface area contributed by atoms with Crippen molar-refractivity contribution in [2.24, 2.45) is 0 Å². The third-order valence-corrected chi connectivity index (χ3v) is 3.93. The highest BCUT2D eigenvalue weighted by Gasteiger charge is 2.15. The summed E-state index contributed by atoms with van der Waals surface area (Å²) in [4.78, 5) is 23.0. The van der Waals surface area contributed by atoms with E-state index in [4.69, 9.17) is 0 Å². The second kappa shape index (κ2) is 6.10. The highest BCUT2D eigenvalue weighted by atomic mass is 32.2. The molecule has 2 rings (SSSR count). The maximum atomic E-state index is 11.7. The van der Waals surface area contributed by atoms with Gasteiger partial charge in [0, 0.05) is 17.8 Å². The van der Waals surface area contributed by atoms with Crippen LogP contribution in [0.1, 0.15) is 25.8 Å². The standard InChI is InChI=1S/C14H18N2O2S/c1-9(2)19-8-14(18)15-11-4-5-12-10(7-11)3-6-13(17)16-12/h4-5,7,9H,3,6,8H2,1-2H3,(H,15,18)(H,16,17). The number of benzene rings is 1. The van der Waals surface area contributed by atoms with Gasteiger partial charge in [0.25, 0.3) is 0 Å².